The van der Waals surface area contributed by atoms with Crippen molar-refractivity contribution in [2.24, 2.45) is 21.4 Å². The third-order valence-electron chi connectivity index (χ3n) is 8.04. The topological polar surface area (TPSA) is 154 Å². The number of rotatable bonds is 6. The van der Waals surface area contributed by atoms with Gasteiger partial charge in [-0.1, -0.05) is 32.0 Å². The molecule has 2 aromatic rings. The standard InChI is InChI=1S/C24H24N4O7/c1-22(2)23(3)11-12-24(22,21(30)25-16-5-4-6-18(13-16)28(33)34)14-19(23)26-35-20(29)15-7-9-17(10-8-15)27(31)32/h4-10,13H,11-12,14H2,1-3H3,(H,25,30)/b26-19+. The molecule has 0 aromatic heterocycles. The maximum Gasteiger partial charge on any atom is 0.365 e. The predicted molar refractivity (Wildman–Crippen MR) is 126 cm³/mol. The summed E-state index contributed by atoms with van der Waals surface area (Å²) in [5.41, 5.74) is -1.13. The SMILES string of the molecule is CC12CCC(C(=O)Nc3cccc([N+](=O)[O-])c3)(C/C1=N\OC(=O)c1ccc([N+](=O)[O-])cc1)C2(C)C. The quantitative estimate of drug-likeness (QED) is 0.351. The minimum absolute atomic E-state index is 0.116. The Kier molecular flexibility index (Phi) is 5.66. The Balaban J connectivity index is 1.56. The fraction of sp³-hybridized carbons (Fsp3) is 0.375. The van der Waals surface area contributed by atoms with Crippen molar-refractivity contribution in [3.63, 3.8) is 0 Å². The lowest BCUT2D eigenvalue weighted by atomic mass is 9.64. The second-order valence-electron chi connectivity index (χ2n) is 9.70. The molecule has 2 aliphatic rings. The lowest BCUT2D eigenvalue weighted by Crippen LogP contribution is -2.43. The van der Waals surface area contributed by atoms with Gasteiger partial charge in [0.15, 0.2) is 0 Å². The van der Waals surface area contributed by atoms with Crippen LogP contribution in [0.25, 0.3) is 0 Å². The molecule has 11 heteroatoms. The molecule has 2 bridgehead atoms. The van der Waals surface area contributed by atoms with Crippen LogP contribution in [0.15, 0.2) is 53.7 Å². The molecule has 2 unspecified atom stereocenters. The minimum atomic E-state index is -0.842. The van der Waals surface area contributed by atoms with Crippen molar-refractivity contribution in [1.82, 2.24) is 0 Å². The average molecular weight is 480 g/mol. The van der Waals surface area contributed by atoms with Crippen molar-refractivity contribution in [1.29, 1.82) is 0 Å². The van der Waals surface area contributed by atoms with Gasteiger partial charge >= 0.3 is 5.97 Å². The molecular weight excluding hydrogens is 456 g/mol. The van der Waals surface area contributed by atoms with E-state index in [0.29, 0.717) is 24.2 Å². The van der Waals surface area contributed by atoms with Gasteiger partial charge in [0, 0.05) is 41.8 Å². The number of non-ortho nitro benzene ring substituents is 2. The monoisotopic (exact) mass is 480 g/mol. The normalized spacial score (nSPS) is 25.3. The highest BCUT2D eigenvalue weighted by Crippen LogP contribution is 2.71. The van der Waals surface area contributed by atoms with Gasteiger partial charge in [0.1, 0.15) is 0 Å². The summed E-state index contributed by atoms with van der Waals surface area (Å²) in [7, 11) is 0. The first-order valence-corrected chi connectivity index (χ1v) is 11.0. The molecule has 0 heterocycles. The number of nitro groups is 2. The first kappa shape index (κ1) is 24.0. The van der Waals surface area contributed by atoms with Crippen LogP contribution in [0, 0.1) is 36.5 Å². The summed E-state index contributed by atoms with van der Waals surface area (Å²) in [6.45, 7) is 5.95. The number of nitro benzene ring substituents is 2. The van der Waals surface area contributed by atoms with Crippen LogP contribution < -0.4 is 5.32 Å². The number of oxime groups is 1. The summed E-state index contributed by atoms with van der Waals surface area (Å²) in [5, 5.41) is 28.9. The first-order valence-electron chi connectivity index (χ1n) is 11.0. The molecule has 0 saturated heterocycles. The van der Waals surface area contributed by atoms with Crippen LogP contribution >= 0.6 is 0 Å². The average Bonchev–Trinajstić information content (AvgIpc) is 3.13. The fourth-order valence-corrected chi connectivity index (χ4v) is 5.34. The van der Waals surface area contributed by atoms with Crippen molar-refractivity contribution in [2.75, 3.05) is 5.32 Å². The van der Waals surface area contributed by atoms with E-state index in [1.807, 2.05) is 20.8 Å². The highest BCUT2D eigenvalue weighted by atomic mass is 16.7. The molecule has 2 atom stereocenters. The number of hydrogen-bond donors (Lipinski definition) is 1. The third-order valence-corrected chi connectivity index (χ3v) is 8.04. The van der Waals surface area contributed by atoms with Gasteiger partial charge in [-0.15, -0.1) is 0 Å². The van der Waals surface area contributed by atoms with Crippen molar-refractivity contribution in [3.8, 4) is 0 Å². The van der Waals surface area contributed by atoms with Crippen LogP contribution in [0.1, 0.15) is 50.4 Å². The highest BCUT2D eigenvalue weighted by Gasteiger charge is 2.71. The number of carbonyl (C=O) groups is 2. The molecule has 2 aromatic carbocycles. The maximum absolute atomic E-state index is 13.5. The van der Waals surface area contributed by atoms with Gasteiger partial charge in [-0.3, -0.25) is 25.0 Å². The van der Waals surface area contributed by atoms with E-state index < -0.39 is 32.1 Å². The van der Waals surface area contributed by atoms with Crippen molar-refractivity contribution < 1.29 is 24.3 Å². The number of benzene rings is 2. The van der Waals surface area contributed by atoms with Crippen LogP contribution in [-0.4, -0.2) is 27.4 Å². The number of amides is 1. The molecule has 182 valence electrons. The molecule has 0 spiro atoms. The molecule has 11 nitrogen and oxygen atoms in total. The molecule has 2 aliphatic carbocycles. The van der Waals surface area contributed by atoms with Gasteiger partial charge < -0.3 is 10.2 Å². The summed E-state index contributed by atoms with van der Waals surface area (Å²) in [6.07, 6.45) is 1.51. The van der Waals surface area contributed by atoms with Crippen molar-refractivity contribution in [3.05, 3.63) is 74.3 Å². The van der Waals surface area contributed by atoms with Gasteiger partial charge in [0.2, 0.25) is 5.91 Å². The van der Waals surface area contributed by atoms with Crippen molar-refractivity contribution in [2.45, 2.75) is 40.0 Å². The second kappa shape index (κ2) is 8.26. The minimum Gasteiger partial charge on any atom is -0.325 e. The number of anilines is 1. The van der Waals surface area contributed by atoms with Crippen LogP contribution in [0.3, 0.4) is 0 Å². The van der Waals surface area contributed by atoms with Crippen LogP contribution in [0.4, 0.5) is 17.1 Å². The Labute approximate surface area is 200 Å². The van der Waals surface area contributed by atoms with Crippen molar-refractivity contribution >= 4 is 34.7 Å². The van der Waals surface area contributed by atoms with E-state index in [2.05, 4.69) is 10.5 Å². The molecule has 2 saturated carbocycles. The zero-order valence-corrected chi connectivity index (χ0v) is 19.4. The lowest BCUT2D eigenvalue weighted by molar-refractivity contribution is -0.385. The predicted octanol–water partition coefficient (Wildman–Crippen LogP) is 4.87. The van der Waals surface area contributed by atoms with E-state index in [9.17, 15) is 29.8 Å². The number of nitrogens with zero attached hydrogens (tertiary/aromatic N) is 3. The molecule has 0 radical (unpaired) electrons. The summed E-state index contributed by atoms with van der Waals surface area (Å²) < 4.78 is 0. The highest BCUT2D eigenvalue weighted by molar-refractivity contribution is 6.06. The Hall–Kier alpha value is -4.15. The first-order chi connectivity index (χ1) is 16.4. The molecule has 2 fully saturated rings. The smallest absolute Gasteiger partial charge is 0.325 e. The summed E-state index contributed by atoms with van der Waals surface area (Å²) in [5.74, 6) is -1.02. The number of hydrogen-bond acceptors (Lipinski definition) is 8. The molecule has 1 N–H and O–H groups in total. The largest absolute Gasteiger partial charge is 0.365 e. The molecule has 35 heavy (non-hydrogen) atoms. The van der Waals surface area contributed by atoms with Gasteiger partial charge in [0.05, 0.1) is 26.5 Å². The molecular formula is C24H24N4O7. The summed E-state index contributed by atoms with van der Waals surface area (Å²) >= 11 is 0. The zero-order chi connectivity index (χ0) is 25.6. The van der Waals surface area contributed by atoms with E-state index in [1.165, 1.54) is 42.5 Å². The Morgan fingerprint density at radius 1 is 0.971 bits per heavy atom. The van der Waals surface area contributed by atoms with Gasteiger partial charge in [-0.2, -0.15) is 0 Å². The molecule has 1 amide bonds. The second-order valence-corrected chi connectivity index (χ2v) is 9.70. The Morgan fingerprint density at radius 2 is 1.63 bits per heavy atom. The van der Waals surface area contributed by atoms with E-state index in [0.717, 1.165) is 0 Å². The molecule has 0 aliphatic heterocycles. The maximum atomic E-state index is 13.5. The van der Waals surface area contributed by atoms with E-state index >= 15 is 0 Å². The number of nitrogens with one attached hydrogen (secondary N) is 1. The lowest BCUT2D eigenvalue weighted by Gasteiger charge is -2.39. The van der Waals surface area contributed by atoms with E-state index in [-0.39, 0.29) is 29.3 Å². The van der Waals surface area contributed by atoms with Crippen LogP contribution in [0.5, 0.6) is 0 Å². The fourth-order valence-electron chi connectivity index (χ4n) is 5.34. The van der Waals surface area contributed by atoms with E-state index in [1.54, 1.807) is 6.07 Å². The summed E-state index contributed by atoms with van der Waals surface area (Å²) in [4.78, 5) is 52.0. The van der Waals surface area contributed by atoms with Crippen LogP contribution in [0.2, 0.25) is 0 Å². The zero-order valence-electron chi connectivity index (χ0n) is 19.4. The number of carbonyl (C=O) groups excluding carboxylic acids is 2. The van der Waals surface area contributed by atoms with Crippen LogP contribution in [-0.2, 0) is 9.63 Å². The Morgan fingerprint density at radius 3 is 2.26 bits per heavy atom. The number of fused-ring (bicyclic) bond motifs is 2. The Bertz CT molecular complexity index is 1270. The van der Waals surface area contributed by atoms with E-state index in [4.69, 9.17) is 4.84 Å². The molecule has 4 rings (SSSR count). The summed E-state index contributed by atoms with van der Waals surface area (Å²) in [6, 6.07) is 10.8. The van der Waals surface area contributed by atoms with Gasteiger partial charge in [-0.25, -0.2) is 4.79 Å². The van der Waals surface area contributed by atoms with Gasteiger partial charge in [-0.05, 0) is 36.5 Å². The third kappa shape index (κ3) is 3.72. The van der Waals surface area contributed by atoms with Gasteiger partial charge in [0.25, 0.3) is 11.4 Å².